The zero-order valence-corrected chi connectivity index (χ0v) is 14.9. The Morgan fingerprint density at radius 2 is 1.96 bits per heavy atom. The van der Waals surface area contributed by atoms with Crippen LogP contribution in [-0.4, -0.2) is 24.5 Å². The average Bonchev–Trinajstić information content (AvgIpc) is 3.37. The molecule has 4 rings (SSSR count). The van der Waals surface area contributed by atoms with E-state index < -0.39 is 0 Å². The van der Waals surface area contributed by atoms with Crippen LogP contribution in [0.15, 0.2) is 65.7 Å². The van der Waals surface area contributed by atoms with Gasteiger partial charge in [0, 0.05) is 36.4 Å². The van der Waals surface area contributed by atoms with Gasteiger partial charge in [0.1, 0.15) is 5.82 Å². The van der Waals surface area contributed by atoms with Crippen LogP contribution in [0.3, 0.4) is 0 Å². The molecule has 0 aliphatic carbocycles. The number of hydrogen-bond acceptors (Lipinski definition) is 4. The van der Waals surface area contributed by atoms with Crippen molar-refractivity contribution in [1.82, 2.24) is 24.5 Å². The number of hydrogen-bond donors (Lipinski definition) is 0. The molecule has 3 aromatic heterocycles. The molecule has 0 bridgehead atoms. The molecular formula is C20H21N5O. The van der Waals surface area contributed by atoms with Crippen molar-refractivity contribution in [2.45, 2.75) is 32.9 Å². The highest BCUT2D eigenvalue weighted by molar-refractivity contribution is 5.57. The molecule has 3 heterocycles. The van der Waals surface area contributed by atoms with Gasteiger partial charge in [0.15, 0.2) is 5.76 Å². The Morgan fingerprint density at radius 1 is 1.04 bits per heavy atom. The second-order valence-electron chi connectivity index (χ2n) is 6.66. The molecule has 0 saturated heterocycles. The minimum atomic E-state index is 0.355. The Morgan fingerprint density at radius 3 is 2.73 bits per heavy atom. The van der Waals surface area contributed by atoms with Crippen molar-refractivity contribution in [2.24, 2.45) is 0 Å². The standard InChI is InChI=1S/C20H21N5O/c1-15(2)19-12-18(26-23-19)14-24-10-8-21-20(24)17-6-3-5-16(11-17)13-25-9-4-7-22-25/h3-12,15H,13-14H2,1-2H3. The molecule has 0 N–H and O–H groups in total. The molecule has 26 heavy (non-hydrogen) atoms. The molecule has 0 unspecified atom stereocenters. The Kier molecular flexibility index (Phi) is 4.39. The van der Waals surface area contributed by atoms with Gasteiger partial charge >= 0.3 is 0 Å². The molecule has 1 aromatic carbocycles. The quantitative estimate of drug-likeness (QED) is 0.530. The number of imidazole rings is 1. The monoisotopic (exact) mass is 347 g/mol. The summed E-state index contributed by atoms with van der Waals surface area (Å²) in [5, 5.41) is 8.41. The first-order chi connectivity index (χ1) is 12.7. The molecule has 0 aliphatic rings. The first kappa shape index (κ1) is 16.3. The van der Waals surface area contributed by atoms with Gasteiger partial charge in [0.25, 0.3) is 0 Å². The van der Waals surface area contributed by atoms with Crippen molar-refractivity contribution in [3.8, 4) is 11.4 Å². The summed E-state index contributed by atoms with van der Waals surface area (Å²) in [4.78, 5) is 4.54. The molecule has 0 aliphatic heterocycles. The fourth-order valence-electron chi connectivity index (χ4n) is 2.93. The summed E-state index contributed by atoms with van der Waals surface area (Å²) in [5.41, 5.74) is 3.23. The fraction of sp³-hybridized carbons (Fsp3) is 0.250. The van der Waals surface area contributed by atoms with Gasteiger partial charge in [-0.1, -0.05) is 37.2 Å². The van der Waals surface area contributed by atoms with E-state index in [1.54, 1.807) is 6.20 Å². The van der Waals surface area contributed by atoms with Crippen molar-refractivity contribution in [3.63, 3.8) is 0 Å². The first-order valence-electron chi connectivity index (χ1n) is 8.72. The number of benzene rings is 1. The van der Waals surface area contributed by atoms with Crippen LogP contribution in [0.4, 0.5) is 0 Å². The highest BCUT2D eigenvalue weighted by atomic mass is 16.5. The second kappa shape index (κ2) is 7.00. The lowest BCUT2D eigenvalue weighted by atomic mass is 10.1. The molecule has 0 atom stereocenters. The Balaban J connectivity index is 1.58. The topological polar surface area (TPSA) is 61.7 Å². The zero-order valence-electron chi connectivity index (χ0n) is 14.9. The van der Waals surface area contributed by atoms with Crippen LogP contribution >= 0.6 is 0 Å². The SMILES string of the molecule is CC(C)c1cc(Cn2ccnc2-c2cccc(Cn3cccn3)c2)on1. The molecule has 0 radical (unpaired) electrons. The summed E-state index contributed by atoms with van der Waals surface area (Å²) in [6.45, 7) is 5.56. The number of aromatic nitrogens is 5. The van der Waals surface area contributed by atoms with E-state index >= 15 is 0 Å². The average molecular weight is 347 g/mol. The van der Waals surface area contributed by atoms with Crippen LogP contribution in [0.1, 0.15) is 36.8 Å². The third kappa shape index (κ3) is 3.44. The maximum absolute atomic E-state index is 5.47. The number of rotatable bonds is 6. The zero-order chi connectivity index (χ0) is 17.9. The van der Waals surface area contributed by atoms with E-state index in [1.165, 1.54) is 5.56 Å². The molecular weight excluding hydrogens is 326 g/mol. The third-order valence-corrected chi connectivity index (χ3v) is 4.30. The molecule has 132 valence electrons. The summed E-state index contributed by atoms with van der Waals surface area (Å²) in [6, 6.07) is 12.3. The number of nitrogens with zero attached hydrogens (tertiary/aromatic N) is 5. The Bertz CT molecular complexity index is 981. The summed E-state index contributed by atoms with van der Waals surface area (Å²) >= 11 is 0. The van der Waals surface area contributed by atoms with Gasteiger partial charge in [0.05, 0.1) is 18.8 Å². The summed E-state index contributed by atoms with van der Waals surface area (Å²) in [6.07, 6.45) is 7.53. The van der Waals surface area contributed by atoms with Crippen molar-refractivity contribution >= 4 is 0 Å². The minimum Gasteiger partial charge on any atom is -0.359 e. The van der Waals surface area contributed by atoms with E-state index in [0.717, 1.165) is 29.4 Å². The van der Waals surface area contributed by atoms with Crippen LogP contribution in [0.5, 0.6) is 0 Å². The van der Waals surface area contributed by atoms with Crippen LogP contribution < -0.4 is 0 Å². The maximum Gasteiger partial charge on any atom is 0.156 e. The van der Waals surface area contributed by atoms with Crippen molar-refractivity contribution < 1.29 is 4.52 Å². The normalized spacial score (nSPS) is 11.3. The molecule has 0 fully saturated rings. The lowest BCUT2D eigenvalue weighted by Gasteiger charge is -2.08. The van der Waals surface area contributed by atoms with Crippen LogP contribution in [-0.2, 0) is 13.1 Å². The lowest BCUT2D eigenvalue weighted by Crippen LogP contribution is -2.02. The minimum absolute atomic E-state index is 0.355. The van der Waals surface area contributed by atoms with E-state index in [-0.39, 0.29) is 0 Å². The highest BCUT2D eigenvalue weighted by Gasteiger charge is 2.12. The summed E-state index contributed by atoms with van der Waals surface area (Å²) < 4.78 is 9.47. The van der Waals surface area contributed by atoms with Gasteiger partial charge in [-0.25, -0.2) is 4.98 Å². The van der Waals surface area contributed by atoms with Crippen LogP contribution in [0.25, 0.3) is 11.4 Å². The van der Waals surface area contributed by atoms with E-state index in [1.807, 2.05) is 35.4 Å². The van der Waals surface area contributed by atoms with Crippen molar-refractivity contribution in [2.75, 3.05) is 0 Å². The second-order valence-corrected chi connectivity index (χ2v) is 6.66. The predicted molar refractivity (Wildman–Crippen MR) is 98.7 cm³/mol. The third-order valence-electron chi connectivity index (χ3n) is 4.30. The largest absolute Gasteiger partial charge is 0.359 e. The van der Waals surface area contributed by atoms with E-state index in [4.69, 9.17) is 4.52 Å². The van der Waals surface area contributed by atoms with Gasteiger partial charge in [-0.2, -0.15) is 5.10 Å². The Hall–Kier alpha value is -3.15. The van der Waals surface area contributed by atoms with E-state index in [9.17, 15) is 0 Å². The summed E-state index contributed by atoms with van der Waals surface area (Å²) in [5.74, 6) is 2.10. The van der Waals surface area contributed by atoms with Gasteiger partial charge < -0.3 is 9.09 Å². The first-order valence-corrected chi connectivity index (χ1v) is 8.72. The molecule has 0 saturated carbocycles. The fourth-order valence-corrected chi connectivity index (χ4v) is 2.93. The van der Waals surface area contributed by atoms with Gasteiger partial charge in [-0.05, 0) is 23.6 Å². The van der Waals surface area contributed by atoms with Gasteiger partial charge in [-0.3, -0.25) is 4.68 Å². The maximum atomic E-state index is 5.47. The molecule has 6 heteroatoms. The predicted octanol–water partition coefficient (Wildman–Crippen LogP) is 3.95. The Labute approximate surface area is 152 Å². The highest BCUT2D eigenvalue weighted by Crippen LogP contribution is 2.21. The molecule has 4 aromatic rings. The van der Waals surface area contributed by atoms with E-state index in [2.05, 4.69) is 57.9 Å². The van der Waals surface area contributed by atoms with E-state index in [0.29, 0.717) is 12.5 Å². The molecule has 0 amide bonds. The van der Waals surface area contributed by atoms with Crippen LogP contribution in [0, 0.1) is 0 Å². The van der Waals surface area contributed by atoms with Gasteiger partial charge in [0.2, 0.25) is 0 Å². The smallest absolute Gasteiger partial charge is 0.156 e. The van der Waals surface area contributed by atoms with Gasteiger partial charge in [-0.15, -0.1) is 0 Å². The van der Waals surface area contributed by atoms with Crippen LogP contribution in [0.2, 0.25) is 0 Å². The molecule has 6 nitrogen and oxygen atoms in total. The van der Waals surface area contributed by atoms with Crippen molar-refractivity contribution in [3.05, 3.63) is 78.2 Å². The lowest BCUT2D eigenvalue weighted by molar-refractivity contribution is 0.369. The molecule has 0 spiro atoms. The summed E-state index contributed by atoms with van der Waals surface area (Å²) in [7, 11) is 0. The van der Waals surface area contributed by atoms with Crippen molar-refractivity contribution in [1.29, 1.82) is 0 Å².